The van der Waals surface area contributed by atoms with Crippen LogP contribution in [0.2, 0.25) is 10.0 Å². The summed E-state index contributed by atoms with van der Waals surface area (Å²) >= 11 is 11.5. The lowest BCUT2D eigenvalue weighted by Crippen LogP contribution is -2.20. The Labute approximate surface area is 156 Å². The topological polar surface area (TPSA) is 43.4 Å². The second-order valence-electron chi connectivity index (χ2n) is 6.33. The van der Waals surface area contributed by atoms with Gasteiger partial charge in [0.15, 0.2) is 0 Å². The highest BCUT2D eigenvalue weighted by molar-refractivity contribution is 6.30. The maximum absolute atomic E-state index is 10.8. The molecular weight excluding hydrogens is 359 g/mol. The highest BCUT2D eigenvalue weighted by atomic mass is 35.5. The quantitative estimate of drug-likeness (QED) is 0.680. The third-order valence-electron chi connectivity index (χ3n) is 4.49. The van der Waals surface area contributed by atoms with Crippen LogP contribution in [-0.4, -0.2) is 18.4 Å². The van der Waals surface area contributed by atoms with E-state index in [4.69, 9.17) is 27.9 Å². The van der Waals surface area contributed by atoms with Crippen molar-refractivity contribution in [1.29, 1.82) is 0 Å². The van der Waals surface area contributed by atoms with Crippen molar-refractivity contribution in [3.8, 4) is 0 Å². The number of esters is 1. The van der Waals surface area contributed by atoms with Crippen LogP contribution in [0.15, 0.2) is 48.5 Å². The normalized spacial score (nSPS) is 19.7. The summed E-state index contributed by atoms with van der Waals surface area (Å²) < 4.78 is 4.88. The van der Waals surface area contributed by atoms with Gasteiger partial charge in [0, 0.05) is 28.8 Å². The van der Waals surface area contributed by atoms with Crippen LogP contribution in [0.3, 0.4) is 0 Å². The van der Waals surface area contributed by atoms with Crippen LogP contribution in [-0.2, 0) is 14.3 Å². The Balaban J connectivity index is 0.000000146. The van der Waals surface area contributed by atoms with Crippen molar-refractivity contribution >= 4 is 35.0 Å². The van der Waals surface area contributed by atoms with Crippen LogP contribution in [0.25, 0.3) is 0 Å². The molecule has 2 aromatic carbocycles. The van der Waals surface area contributed by atoms with Gasteiger partial charge in [-0.2, -0.15) is 0 Å². The minimum atomic E-state index is -0.111. The molecule has 0 bridgehead atoms. The van der Waals surface area contributed by atoms with Gasteiger partial charge in [-0.3, -0.25) is 9.59 Å². The fourth-order valence-electron chi connectivity index (χ4n) is 2.92. The zero-order valence-electron chi connectivity index (χ0n) is 13.6. The summed E-state index contributed by atoms with van der Waals surface area (Å²) in [5.41, 5.74) is 2.36. The van der Waals surface area contributed by atoms with E-state index in [-0.39, 0.29) is 11.9 Å². The van der Waals surface area contributed by atoms with Gasteiger partial charge in [-0.15, -0.1) is 0 Å². The number of carbonyl (C=O) groups is 2. The van der Waals surface area contributed by atoms with Gasteiger partial charge in [0.05, 0.1) is 13.0 Å². The number of cyclic esters (lactones) is 1. The minimum Gasteiger partial charge on any atom is -0.465 e. The molecule has 1 saturated carbocycles. The Morgan fingerprint density at radius 1 is 0.720 bits per heavy atom. The lowest BCUT2D eigenvalue weighted by Gasteiger charge is -2.24. The van der Waals surface area contributed by atoms with E-state index in [9.17, 15) is 9.59 Å². The lowest BCUT2D eigenvalue weighted by molar-refractivity contribution is -0.138. The number of benzene rings is 2. The van der Waals surface area contributed by atoms with E-state index < -0.39 is 0 Å². The van der Waals surface area contributed by atoms with E-state index in [0.29, 0.717) is 42.6 Å². The second-order valence-corrected chi connectivity index (χ2v) is 7.20. The Hall–Kier alpha value is -1.84. The average Bonchev–Trinajstić information content (AvgIpc) is 3.01. The zero-order chi connectivity index (χ0) is 17.8. The number of ketones is 1. The molecule has 0 amide bonds. The molecule has 2 aromatic rings. The van der Waals surface area contributed by atoms with Crippen molar-refractivity contribution in [1.82, 2.24) is 0 Å². The monoisotopic (exact) mass is 376 g/mol. The number of Topliss-reactive ketones (excluding diaryl/α,β-unsaturated/α-hetero) is 1. The first-order valence-electron chi connectivity index (χ1n) is 8.19. The summed E-state index contributed by atoms with van der Waals surface area (Å²) in [4.78, 5) is 21.6. The van der Waals surface area contributed by atoms with Gasteiger partial charge in [0.1, 0.15) is 5.78 Å². The first kappa shape index (κ1) is 18.0. The number of ether oxygens (including phenoxy) is 1. The van der Waals surface area contributed by atoms with Gasteiger partial charge in [0.25, 0.3) is 0 Å². The highest BCUT2D eigenvalue weighted by Gasteiger charge is 2.27. The Kier molecular flexibility index (Phi) is 5.77. The molecule has 2 aliphatic rings. The number of hydrogen-bond donors (Lipinski definition) is 0. The van der Waals surface area contributed by atoms with E-state index in [1.54, 1.807) is 0 Å². The van der Waals surface area contributed by atoms with Crippen LogP contribution in [0.1, 0.15) is 42.2 Å². The van der Waals surface area contributed by atoms with Crippen LogP contribution >= 0.6 is 23.2 Å². The van der Waals surface area contributed by atoms with E-state index >= 15 is 0 Å². The number of carbonyl (C=O) groups excluding carboxylic acids is 2. The van der Waals surface area contributed by atoms with Gasteiger partial charge in [0.2, 0.25) is 0 Å². The maximum atomic E-state index is 10.8. The minimum absolute atomic E-state index is 0.111. The lowest BCUT2D eigenvalue weighted by atomic mass is 9.79. The molecule has 1 heterocycles. The first-order valence-corrected chi connectivity index (χ1v) is 8.95. The number of rotatable bonds is 2. The molecule has 3 nitrogen and oxygen atoms in total. The molecule has 4 rings (SSSR count). The second kappa shape index (κ2) is 8.03. The molecule has 2 fully saturated rings. The van der Waals surface area contributed by atoms with E-state index in [1.165, 1.54) is 5.56 Å². The Bertz CT molecular complexity index is 746. The third-order valence-corrected chi connectivity index (χ3v) is 4.99. The van der Waals surface area contributed by atoms with E-state index in [2.05, 4.69) is 0 Å². The van der Waals surface area contributed by atoms with Crippen molar-refractivity contribution in [2.24, 2.45) is 0 Å². The number of halogens is 2. The van der Waals surface area contributed by atoms with E-state index in [1.807, 2.05) is 48.5 Å². The first-order chi connectivity index (χ1) is 12.0. The van der Waals surface area contributed by atoms with Crippen molar-refractivity contribution in [2.75, 3.05) is 6.61 Å². The van der Waals surface area contributed by atoms with E-state index in [0.717, 1.165) is 10.6 Å². The van der Waals surface area contributed by atoms with Gasteiger partial charge >= 0.3 is 5.97 Å². The predicted octanol–water partition coefficient (Wildman–Crippen LogP) is 5.16. The standard InChI is InChI=1S/C10H9ClO2.C10H9ClO/c11-9-3-1-7(2-4-9)8-5-10(12)13-6-8;11-9-3-1-7(2-4-9)8-5-10(12)6-8/h1-4,8H,5-6H2;1-4,8H,5-6H2. The molecule has 1 aliphatic heterocycles. The van der Waals surface area contributed by atoms with Crippen LogP contribution in [0.5, 0.6) is 0 Å². The fraction of sp³-hybridized carbons (Fsp3) is 0.300. The summed E-state index contributed by atoms with van der Waals surface area (Å²) in [6.07, 6.45) is 1.91. The summed E-state index contributed by atoms with van der Waals surface area (Å²) in [5.74, 6) is 0.925. The molecule has 1 saturated heterocycles. The highest BCUT2D eigenvalue weighted by Crippen LogP contribution is 2.33. The molecule has 1 atom stereocenters. The Morgan fingerprint density at radius 2 is 1.20 bits per heavy atom. The van der Waals surface area contributed by atoms with Crippen LogP contribution < -0.4 is 0 Å². The summed E-state index contributed by atoms with van der Waals surface area (Å²) in [7, 11) is 0. The molecular formula is C20H18Cl2O3. The van der Waals surface area contributed by atoms with Gasteiger partial charge < -0.3 is 4.74 Å². The molecule has 25 heavy (non-hydrogen) atoms. The molecule has 130 valence electrons. The SMILES string of the molecule is O=C1CC(c2ccc(Cl)cc2)C1.O=C1CC(c2ccc(Cl)cc2)CO1. The summed E-state index contributed by atoms with van der Waals surface area (Å²) in [6, 6.07) is 15.3. The van der Waals surface area contributed by atoms with Crippen molar-refractivity contribution in [2.45, 2.75) is 31.1 Å². The summed E-state index contributed by atoms with van der Waals surface area (Å²) in [5, 5.41) is 1.47. The predicted molar refractivity (Wildman–Crippen MR) is 98.2 cm³/mol. The smallest absolute Gasteiger partial charge is 0.306 e. The molecule has 1 aliphatic carbocycles. The van der Waals surface area contributed by atoms with Gasteiger partial charge in [-0.05, 0) is 41.3 Å². The molecule has 0 spiro atoms. The zero-order valence-corrected chi connectivity index (χ0v) is 15.1. The number of hydrogen-bond acceptors (Lipinski definition) is 3. The van der Waals surface area contributed by atoms with Crippen molar-refractivity contribution in [3.63, 3.8) is 0 Å². The molecule has 5 heteroatoms. The third kappa shape index (κ3) is 4.83. The van der Waals surface area contributed by atoms with Crippen LogP contribution in [0.4, 0.5) is 0 Å². The molecule has 0 aromatic heterocycles. The molecule has 0 radical (unpaired) electrons. The fourth-order valence-corrected chi connectivity index (χ4v) is 3.17. The summed E-state index contributed by atoms with van der Waals surface area (Å²) in [6.45, 7) is 0.500. The molecule has 0 N–H and O–H groups in total. The largest absolute Gasteiger partial charge is 0.465 e. The van der Waals surface area contributed by atoms with Crippen LogP contribution in [0, 0.1) is 0 Å². The molecule has 1 unspecified atom stereocenters. The maximum Gasteiger partial charge on any atom is 0.306 e. The average molecular weight is 377 g/mol. The van der Waals surface area contributed by atoms with Crippen molar-refractivity contribution < 1.29 is 14.3 Å². The van der Waals surface area contributed by atoms with Gasteiger partial charge in [-0.1, -0.05) is 47.5 Å². The van der Waals surface area contributed by atoms with Crippen molar-refractivity contribution in [3.05, 3.63) is 69.7 Å². The van der Waals surface area contributed by atoms with Gasteiger partial charge in [-0.25, -0.2) is 0 Å². The Morgan fingerprint density at radius 3 is 1.60 bits per heavy atom.